The van der Waals surface area contributed by atoms with Crippen LogP contribution in [0.4, 0.5) is 10.7 Å². The summed E-state index contributed by atoms with van der Waals surface area (Å²) in [4.78, 5) is 36.7. The zero-order valence-electron chi connectivity index (χ0n) is 15.0. The Morgan fingerprint density at radius 1 is 1.15 bits per heavy atom. The van der Waals surface area contributed by atoms with E-state index in [0.717, 1.165) is 32.1 Å². The molecule has 1 saturated carbocycles. The Hall–Kier alpha value is -2.38. The molecule has 0 aromatic carbocycles. The van der Waals surface area contributed by atoms with Gasteiger partial charge in [0.2, 0.25) is 5.95 Å². The van der Waals surface area contributed by atoms with E-state index in [-0.39, 0.29) is 24.3 Å². The maximum Gasteiger partial charge on any atom is 0.410 e. The highest BCUT2D eigenvalue weighted by molar-refractivity contribution is 5.88. The molecule has 0 spiro atoms. The van der Waals surface area contributed by atoms with Gasteiger partial charge in [-0.25, -0.2) is 19.6 Å². The molecule has 8 heteroatoms. The van der Waals surface area contributed by atoms with Gasteiger partial charge in [-0.05, 0) is 39.0 Å². The van der Waals surface area contributed by atoms with E-state index in [1.807, 2.05) is 4.90 Å². The third-order valence-corrected chi connectivity index (χ3v) is 5.45. The SMILES string of the molecule is CCOC(=O)c1cnc(N2CC3C[C@H]2CN3C(=O)OC2CCCC2)nc1. The van der Waals surface area contributed by atoms with Gasteiger partial charge in [-0.3, -0.25) is 0 Å². The maximum atomic E-state index is 12.4. The number of ether oxygens (including phenoxy) is 2. The van der Waals surface area contributed by atoms with Crippen molar-refractivity contribution in [1.82, 2.24) is 14.9 Å². The standard InChI is InChI=1S/C18H24N4O4/c1-2-25-16(23)12-8-19-17(20-9-12)21-10-14-7-13(21)11-22(14)18(24)26-15-5-3-4-6-15/h8-9,13-15H,2-7,10-11H2,1H3/t13-,14?/m0/s1. The van der Waals surface area contributed by atoms with Crippen LogP contribution >= 0.6 is 0 Å². The summed E-state index contributed by atoms with van der Waals surface area (Å²) < 4.78 is 10.6. The number of esters is 1. The molecule has 2 atom stereocenters. The van der Waals surface area contributed by atoms with Crippen LogP contribution in [0, 0.1) is 0 Å². The summed E-state index contributed by atoms with van der Waals surface area (Å²) in [5.41, 5.74) is 0.349. The molecule has 0 radical (unpaired) electrons. The average Bonchev–Trinajstić information content (AvgIpc) is 3.39. The Kier molecular flexibility index (Phi) is 4.65. The molecule has 1 amide bonds. The highest BCUT2D eigenvalue weighted by Gasteiger charge is 2.47. The molecular weight excluding hydrogens is 336 g/mol. The number of amides is 1. The fourth-order valence-corrected chi connectivity index (χ4v) is 4.14. The lowest BCUT2D eigenvalue weighted by Crippen LogP contribution is -2.50. The predicted octanol–water partition coefficient (Wildman–Crippen LogP) is 2.00. The van der Waals surface area contributed by atoms with E-state index in [1.54, 1.807) is 6.92 Å². The van der Waals surface area contributed by atoms with Crippen molar-refractivity contribution in [2.24, 2.45) is 0 Å². The first-order chi connectivity index (χ1) is 12.7. The molecule has 1 aromatic heterocycles. The first-order valence-electron chi connectivity index (χ1n) is 9.38. The minimum Gasteiger partial charge on any atom is -0.462 e. The zero-order valence-corrected chi connectivity index (χ0v) is 15.0. The average molecular weight is 360 g/mol. The lowest BCUT2D eigenvalue weighted by Gasteiger charge is -2.34. The molecule has 140 valence electrons. The minimum absolute atomic E-state index is 0.0940. The van der Waals surface area contributed by atoms with Gasteiger partial charge in [0.15, 0.2) is 0 Å². The number of carbonyl (C=O) groups excluding carboxylic acids is 2. The number of aromatic nitrogens is 2. The second kappa shape index (κ2) is 7.09. The van der Waals surface area contributed by atoms with Crippen LogP contribution in [0.2, 0.25) is 0 Å². The number of hydrogen-bond acceptors (Lipinski definition) is 7. The summed E-state index contributed by atoms with van der Waals surface area (Å²) >= 11 is 0. The number of anilines is 1. The third-order valence-electron chi connectivity index (χ3n) is 5.45. The topological polar surface area (TPSA) is 84.9 Å². The molecule has 2 saturated heterocycles. The lowest BCUT2D eigenvalue weighted by atomic mass is 10.2. The van der Waals surface area contributed by atoms with Crippen LogP contribution in [0.3, 0.4) is 0 Å². The van der Waals surface area contributed by atoms with Gasteiger partial charge < -0.3 is 19.3 Å². The van der Waals surface area contributed by atoms with Gasteiger partial charge in [0.1, 0.15) is 6.10 Å². The summed E-state index contributed by atoms with van der Waals surface area (Å²) in [6, 6.07) is 0.340. The van der Waals surface area contributed by atoms with Gasteiger partial charge in [-0.1, -0.05) is 0 Å². The van der Waals surface area contributed by atoms with Gasteiger partial charge in [-0.2, -0.15) is 0 Å². The predicted molar refractivity (Wildman–Crippen MR) is 93.0 cm³/mol. The lowest BCUT2D eigenvalue weighted by molar-refractivity contribution is 0.0524. The second-order valence-corrected chi connectivity index (χ2v) is 7.13. The monoisotopic (exact) mass is 360 g/mol. The zero-order chi connectivity index (χ0) is 18.1. The Balaban J connectivity index is 1.36. The Bertz CT molecular complexity index is 674. The van der Waals surface area contributed by atoms with Crippen LogP contribution < -0.4 is 4.90 Å². The van der Waals surface area contributed by atoms with E-state index in [4.69, 9.17) is 9.47 Å². The van der Waals surface area contributed by atoms with Crippen molar-refractivity contribution < 1.29 is 19.1 Å². The maximum absolute atomic E-state index is 12.4. The normalized spacial score (nSPS) is 25.0. The van der Waals surface area contributed by atoms with E-state index in [9.17, 15) is 9.59 Å². The molecule has 3 heterocycles. The molecule has 3 fully saturated rings. The number of piperazine rings is 1. The second-order valence-electron chi connectivity index (χ2n) is 7.13. The van der Waals surface area contributed by atoms with Crippen LogP contribution in [-0.4, -0.2) is 64.8 Å². The molecule has 4 rings (SSSR count). The van der Waals surface area contributed by atoms with Gasteiger partial charge in [0, 0.05) is 25.5 Å². The van der Waals surface area contributed by atoms with E-state index >= 15 is 0 Å². The van der Waals surface area contributed by atoms with Gasteiger partial charge >= 0.3 is 12.1 Å². The molecule has 26 heavy (non-hydrogen) atoms. The van der Waals surface area contributed by atoms with E-state index in [1.165, 1.54) is 12.4 Å². The van der Waals surface area contributed by atoms with Crippen LogP contribution in [0.15, 0.2) is 12.4 Å². The van der Waals surface area contributed by atoms with Crippen molar-refractivity contribution in [3.05, 3.63) is 18.0 Å². The highest BCUT2D eigenvalue weighted by Crippen LogP contribution is 2.34. The van der Waals surface area contributed by atoms with E-state index < -0.39 is 5.97 Å². The van der Waals surface area contributed by atoms with Gasteiger partial charge in [0.25, 0.3) is 0 Å². The third kappa shape index (κ3) is 3.20. The van der Waals surface area contributed by atoms with Crippen molar-refractivity contribution in [1.29, 1.82) is 0 Å². The van der Waals surface area contributed by atoms with Crippen LogP contribution in [0.1, 0.15) is 49.4 Å². The molecule has 3 aliphatic rings. The Morgan fingerprint density at radius 2 is 1.88 bits per heavy atom. The van der Waals surface area contributed by atoms with E-state index in [2.05, 4.69) is 14.9 Å². The fraction of sp³-hybridized carbons (Fsp3) is 0.667. The van der Waals surface area contributed by atoms with Crippen molar-refractivity contribution in [3.8, 4) is 0 Å². The Labute approximate surface area is 152 Å². The van der Waals surface area contributed by atoms with Gasteiger partial charge in [-0.15, -0.1) is 0 Å². The summed E-state index contributed by atoms with van der Waals surface area (Å²) in [6.07, 6.45) is 8.09. The first kappa shape index (κ1) is 17.1. The van der Waals surface area contributed by atoms with Crippen LogP contribution in [0.25, 0.3) is 0 Å². The summed E-state index contributed by atoms with van der Waals surface area (Å²) in [7, 11) is 0. The number of hydrogen-bond donors (Lipinski definition) is 0. The number of rotatable bonds is 4. The summed E-state index contributed by atoms with van der Waals surface area (Å²) in [5, 5.41) is 0. The number of carbonyl (C=O) groups is 2. The Morgan fingerprint density at radius 3 is 2.50 bits per heavy atom. The number of fused-ring (bicyclic) bond motifs is 2. The molecular formula is C18H24N4O4. The van der Waals surface area contributed by atoms with E-state index in [0.29, 0.717) is 31.2 Å². The van der Waals surface area contributed by atoms with Crippen LogP contribution in [-0.2, 0) is 9.47 Å². The molecule has 1 aromatic rings. The molecule has 1 unspecified atom stereocenters. The summed E-state index contributed by atoms with van der Waals surface area (Å²) in [6.45, 7) is 3.42. The molecule has 0 N–H and O–H groups in total. The molecule has 2 bridgehead atoms. The summed E-state index contributed by atoms with van der Waals surface area (Å²) in [5.74, 6) is 0.178. The largest absolute Gasteiger partial charge is 0.462 e. The quantitative estimate of drug-likeness (QED) is 0.759. The first-order valence-corrected chi connectivity index (χ1v) is 9.38. The van der Waals surface area contributed by atoms with Crippen molar-refractivity contribution in [3.63, 3.8) is 0 Å². The highest BCUT2D eigenvalue weighted by atomic mass is 16.6. The number of likely N-dealkylation sites (tertiary alicyclic amines) is 1. The fourth-order valence-electron chi connectivity index (χ4n) is 4.14. The van der Waals surface area contributed by atoms with Crippen LogP contribution in [0.5, 0.6) is 0 Å². The molecule has 8 nitrogen and oxygen atoms in total. The molecule has 1 aliphatic carbocycles. The smallest absolute Gasteiger partial charge is 0.410 e. The van der Waals surface area contributed by atoms with Crippen molar-refractivity contribution >= 4 is 18.0 Å². The minimum atomic E-state index is -0.414. The molecule has 2 aliphatic heterocycles. The van der Waals surface area contributed by atoms with Crippen molar-refractivity contribution in [2.45, 2.75) is 57.2 Å². The van der Waals surface area contributed by atoms with Gasteiger partial charge in [0.05, 0.1) is 24.3 Å². The number of nitrogens with zero attached hydrogens (tertiary/aromatic N) is 4. The van der Waals surface area contributed by atoms with Crippen molar-refractivity contribution in [2.75, 3.05) is 24.6 Å².